The van der Waals surface area contributed by atoms with Crippen LogP contribution >= 0.6 is 0 Å². The van der Waals surface area contributed by atoms with E-state index in [1.165, 1.54) is 18.2 Å². The van der Waals surface area contributed by atoms with Crippen molar-refractivity contribution < 1.29 is 9.18 Å². The van der Waals surface area contributed by atoms with Crippen LogP contribution in [0, 0.1) is 5.82 Å². The van der Waals surface area contributed by atoms with Gasteiger partial charge in [-0.05, 0) is 25.1 Å². The number of amides is 1. The largest absolute Gasteiger partial charge is 0.350 e. The van der Waals surface area contributed by atoms with Crippen LogP contribution in [0.15, 0.2) is 18.2 Å². The Morgan fingerprint density at radius 3 is 3.13 bits per heavy atom. The summed E-state index contributed by atoms with van der Waals surface area (Å²) in [7, 11) is 0. The smallest absolute Gasteiger partial charge is 0.287 e. The molecule has 4 nitrogen and oxygen atoms in total. The number of nitrogens with zero attached hydrogens (tertiary/aromatic N) is 1. The van der Waals surface area contributed by atoms with Crippen LogP contribution < -0.4 is 5.32 Å². The molecule has 1 amide bonds. The fourth-order valence-electron chi connectivity index (χ4n) is 1.33. The first kappa shape index (κ1) is 9.64. The lowest BCUT2D eigenvalue weighted by molar-refractivity contribution is 0.0947. The minimum Gasteiger partial charge on any atom is -0.350 e. The quantitative estimate of drug-likeness (QED) is 0.783. The van der Waals surface area contributed by atoms with E-state index in [-0.39, 0.29) is 17.5 Å². The second-order valence-electron chi connectivity index (χ2n) is 3.11. The first-order valence-corrected chi connectivity index (χ1v) is 4.64. The number of nitrogens with one attached hydrogen (secondary N) is 2. The van der Waals surface area contributed by atoms with Crippen molar-refractivity contribution in [2.75, 3.05) is 6.54 Å². The van der Waals surface area contributed by atoms with Gasteiger partial charge in [0.15, 0.2) is 5.82 Å². The van der Waals surface area contributed by atoms with Crippen molar-refractivity contribution in [3.8, 4) is 0 Å². The van der Waals surface area contributed by atoms with Gasteiger partial charge >= 0.3 is 0 Å². The highest BCUT2D eigenvalue weighted by Gasteiger charge is 2.10. The van der Waals surface area contributed by atoms with Crippen LogP contribution in [0.5, 0.6) is 0 Å². The van der Waals surface area contributed by atoms with Crippen molar-refractivity contribution in [1.29, 1.82) is 0 Å². The Morgan fingerprint density at radius 2 is 2.40 bits per heavy atom. The lowest BCUT2D eigenvalue weighted by Crippen LogP contribution is -2.23. The molecule has 0 atom stereocenters. The molecule has 0 saturated carbocycles. The van der Waals surface area contributed by atoms with E-state index in [0.717, 1.165) is 0 Å². The van der Waals surface area contributed by atoms with E-state index in [1.807, 2.05) is 6.92 Å². The van der Waals surface area contributed by atoms with Gasteiger partial charge in [0.1, 0.15) is 5.82 Å². The summed E-state index contributed by atoms with van der Waals surface area (Å²) in [6.07, 6.45) is 0. The number of carbonyl (C=O) groups is 1. The van der Waals surface area contributed by atoms with Crippen LogP contribution in [-0.4, -0.2) is 22.4 Å². The number of carbonyl (C=O) groups excluding carboxylic acids is 1. The Hall–Kier alpha value is -1.91. The number of rotatable bonds is 2. The highest BCUT2D eigenvalue weighted by molar-refractivity contribution is 5.94. The standard InChI is InChI=1S/C10H10FN3O/c1-2-12-10(15)9-13-7-4-3-6(11)5-8(7)14-9/h3-5H,2H2,1H3,(H,12,15)(H,13,14). The number of H-pyrrole nitrogens is 1. The van der Waals surface area contributed by atoms with Crippen LogP contribution in [0.4, 0.5) is 4.39 Å². The zero-order valence-corrected chi connectivity index (χ0v) is 8.17. The molecular formula is C10H10FN3O. The van der Waals surface area contributed by atoms with Gasteiger partial charge in [0.05, 0.1) is 11.0 Å². The van der Waals surface area contributed by atoms with Gasteiger partial charge in [-0.2, -0.15) is 0 Å². The highest BCUT2D eigenvalue weighted by Crippen LogP contribution is 2.12. The SMILES string of the molecule is CCNC(=O)c1nc2ccc(F)cc2[nH]1. The summed E-state index contributed by atoms with van der Waals surface area (Å²) in [5.41, 5.74) is 1.11. The third kappa shape index (κ3) is 1.81. The van der Waals surface area contributed by atoms with Gasteiger partial charge in [0.2, 0.25) is 0 Å². The summed E-state index contributed by atoms with van der Waals surface area (Å²) in [4.78, 5) is 18.2. The number of aromatic nitrogens is 2. The Bertz CT molecular complexity index is 506. The monoisotopic (exact) mass is 207 g/mol. The van der Waals surface area contributed by atoms with Crippen molar-refractivity contribution in [3.05, 3.63) is 29.8 Å². The molecule has 0 bridgehead atoms. The second kappa shape index (κ2) is 3.68. The molecule has 0 fully saturated rings. The van der Waals surface area contributed by atoms with E-state index in [2.05, 4.69) is 15.3 Å². The molecule has 2 N–H and O–H groups in total. The van der Waals surface area contributed by atoms with E-state index in [9.17, 15) is 9.18 Å². The summed E-state index contributed by atoms with van der Waals surface area (Å²) in [6, 6.07) is 4.15. The van der Waals surface area contributed by atoms with Crippen molar-refractivity contribution in [2.45, 2.75) is 6.92 Å². The molecule has 0 radical (unpaired) electrons. The van der Waals surface area contributed by atoms with Crippen LogP contribution in [0.25, 0.3) is 11.0 Å². The predicted octanol–water partition coefficient (Wildman–Crippen LogP) is 1.45. The number of hydrogen-bond donors (Lipinski definition) is 2. The van der Waals surface area contributed by atoms with Crippen LogP contribution in [-0.2, 0) is 0 Å². The summed E-state index contributed by atoms with van der Waals surface area (Å²) in [5.74, 6) is -0.430. The Balaban J connectivity index is 2.42. The summed E-state index contributed by atoms with van der Waals surface area (Å²) >= 11 is 0. The van der Waals surface area contributed by atoms with Gasteiger partial charge in [0, 0.05) is 6.54 Å². The molecule has 15 heavy (non-hydrogen) atoms. The molecule has 0 aliphatic heterocycles. The van der Waals surface area contributed by atoms with Gasteiger partial charge in [-0.15, -0.1) is 0 Å². The number of halogens is 1. The Labute approximate surface area is 85.5 Å². The van der Waals surface area contributed by atoms with Gasteiger partial charge < -0.3 is 10.3 Å². The Morgan fingerprint density at radius 1 is 1.60 bits per heavy atom. The molecule has 0 aliphatic carbocycles. The van der Waals surface area contributed by atoms with Crippen LogP contribution in [0.2, 0.25) is 0 Å². The molecule has 5 heteroatoms. The van der Waals surface area contributed by atoms with Gasteiger partial charge in [-0.3, -0.25) is 4.79 Å². The zero-order chi connectivity index (χ0) is 10.8. The normalized spacial score (nSPS) is 10.5. The minimum absolute atomic E-state index is 0.206. The van der Waals surface area contributed by atoms with E-state index in [1.54, 1.807) is 0 Å². The maximum Gasteiger partial charge on any atom is 0.287 e. The maximum atomic E-state index is 12.8. The summed E-state index contributed by atoms with van der Waals surface area (Å²) in [5, 5.41) is 2.61. The minimum atomic E-state index is -0.353. The van der Waals surface area contributed by atoms with E-state index in [0.29, 0.717) is 17.6 Å². The number of fused-ring (bicyclic) bond motifs is 1. The van der Waals surface area contributed by atoms with E-state index in [4.69, 9.17) is 0 Å². The van der Waals surface area contributed by atoms with Gasteiger partial charge in [-0.1, -0.05) is 0 Å². The maximum absolute atomic E-state index is 12.8. The molecule has 78 valence electrons. The Kier molecular flexibility index (Phi) is 2.37. The number of imidazole rings is 1. The molecule has 1 heterocycles. The lowest BCUT2D eigenvalue weighted by Gasteiger charge is -1.95. The van der Waals surface area contributed by atoms with Crippen molar-refractivity contribution in [1.82, 2.24) is 15.3 Å². The molecule has 1 aromatic heterocycles. The average molecular weight is 207 g/mol. The molecule has 0 saturated heterocycles. The topological polar surface area (TPSA) is 57.8 Å². The van der Waals surface area contributed by atoms with Crippen LogP contribution in [0.1, 0.15) is 17.5 Å². The molecule has 2 rings (SSSR count). The fourth-order valence-corrected chi connectivity index (χ4v) is 1.33. The second-order valence-corrected chi connectivity index (χ2v) is 3.11. The first-order valence-electron chi connectivity index (χ1n) is 4.64. The zero-order valence-electron chi connectivity index (χ0n) is 8.17. The summed E-state index contributed by atoms with van der Waals surface area (Å²) in [6.45, 7) is 2.35. The third-order valence-corrected chi connectivity index (χ3v) is 2.00. The molecule has 0 unspecified atom stereocenters. The van der Waals surface area contributed by atoms with E-state index < -0.39 is 0 Å². The average Bonchev–Trinajstić information content (AvgIpc) is 2.60. The van der Waals surface area contributed by atoms with Crippen molar-refractivity contribution >= 4 is 16.9 Å². The van der Waals surface area contributed by atoms with Crippen LogP contribution in [0.3, 0.4) is 0 Å². The summed E-state index contributed by atoms with van der Waals surface area (Å²) < 4.78 is 12.8. The van der Waals surface area contributed by atoms with Crippen molar-refractivity contribution in [3.63, 3.8) is 0 Å². The first-order chi connectivity index (χ1) is 7.20. The number of benzene rings is 1. The van der Waals surface area contributed by atoms with Crippen molar-refractivity contribution in [2.24, 2.45) is 0 Å². The predicted molar refractivity (Wildman–Crippen MR) is 54.1 cm³/mol. The third-order valence-electron chi connectivity index (χ3n) is 2.00. The van der Waals surface area contributed by atoms with Gasteiger partial charge in [0.25, 0.3) is 5.91 Å². The fraction of sp³-hybridized carbons (Fsp3) is 0.200. The van der Waals surface area contributed by atoms with Gasteiger partial charge in [-0.25, -0.2) is 9.37 Å². The highest BCUT2D eigenvalue weighted by atomic mass is 19.1. The molecule has 0 aliphatic rings. The molecule has 2 aromatic rings. The molecular weight excluding hydrogens is 197 g/mol. The molecule has 1 aromatic carbocycles. The number of aromatic amines is 1. The lowest BCUT2D eigenvalue weighted by atomic mass is 10.3. The number of hydrogen-bond acceptors (Lipinski definition) is 2. The van der Waals surface area contributed by atoms with E-state index >= 15 is 0 Å². The molecule has 0 spiro atoms.